The Morgan fingerprint density at radius 1 is 0.226 bits per heavy atom. The molecule has 0 radical (unpaired) electrons. The van der Waals surface area contributed by atoms with Crippen molar-refractivity contribution >= 4 is 43.6 Å². The molecule has 9 aromatic carbocycles. The van der Waals surface area contributed by atoms with Crippen LogP contribution in [0.4, 0.5) is 0 Å². The number of hydrogen-bond donors (Lipinski definition) is 0. The van der Waals surface area contributed by atoms with Gasteiger partial charge in [-0.2, -0.15) is 0 Å². The van der Waals surface area contributed by atoms with Crippen molar-refractivity contribution in [2.45, 2.75) is 0 Å². The molecule has 0 spiro atoms. The highest BCUT2D eigenvalue weighted by Crippen LogP contribution is 2.37. The molecule has 0 bridgehead atoms. The fraction of sp³-hybridized carbons (Fsp3) is 0. The first kappa shape index (κ1) is 35.5. The van der Waals surface area contributed by atoms with Gasteiger partial charge in [-0.15, -0.1) is 0 Å². The SMILES string of the molecule is c1ccc(-c2nc(-c3ccccc3)nc(-c3cc(-c4ccc(-n5c6ccccc6c6ccccc65)cc4)cc(-c4ccc(-n5c6ccccc6c6ccccc65)cc4)c3)n2)cc1. The minimum absolute atomic E-state index is 0.615. The Bertz CT molecular complexity index is 3260. The Hall–Kier alpha value is -8.41. The van der Waals surface area contributed by atoms with E-state index in [9.17, 15) is 0 Å². The second kappa shape index (κ2) is 14.7. The number of benzene rings is 9. The van der Waals surface area contributed by atoms with Crippen LogP contribution in [0.25, 0.3) is 111 Å². The lowest BCUT2D eigenvalue weighted by molar-refractivity contribution is 1.07. The van der Waals surface area contributed by atoms with Gasteiger partial charge < -0.3 is 9.13 Å². The largest absolute Gasteiger partial charge is 0.309 e. The summed E-state index contributed by atoms with van der Waals surface area (Å²) in [7, 11) is 0. The van der Waals surface area contributed by atoms with Crippen molar-refractivity contribution in [1.82, 2.24) is 24.1 Å². The van der Waals surface area contributed by atoms with Gasteiger partial charge in [0.15, 0.2) is 17.5 Å². The molecule has 62 heavy (non-hydrogen) atoms. The molecule has 0 N–H and O–H groups in total. The van der Waals surface area contributed by atoms with Crippen molar-refractivity contribution in [3.8, 4) is 67.8 Å². The summed E-state index contributed by atoms with van der Waals surface area (Å²) >= 11 is 0. The van der Waals surface area contributed by atoms with E-state index in [4.69, 9.17) is 15.0 Å². The summed E-state index contributed by atoms with van der Waals surface area (Å²) in [5.74, 6) is 1.88. The molecule has 0 aliphatic carbocycles. The van der Waals surface area contributed by atoms with Crippen molar-refractivity contribution in [2.75, 3.05) is 0 Å². The smallest absolute Gasteiger partial charge is 0.164 e. The Kier molecular flexibility index (Phi) is 8.42. The van der Waals surface area contributed by atoms with Crippen molar-refractivity contribution in [3.05, 3.63) is 224 Å². The van der Waals surface area contributed by atoms with Gasteiger partial charge in [-0.1, -0.05) is 158 Å². The zero-order chi connectivity index (χ0) is 41.0. The molecule has 0 atom stereocenters. The van der Waals surface area contributed by atoms with Crippen LogP contribution in [0.1, 0.15) is 0 Å². The predicted molar refractivity (Wildman–Crippen MR) is 256 cm³/mol. The summed E-state index contributed by atoms with van der Waals surface area (Å²) in [4.78, 5) is 15.3. The standard InChI is InChI=1S/C57H37N5/c1-3-15-40(16-4-1)55-58-56(41-17-5-2-6-18-41)60-57(59-55)44-36-42(38-27-31-45(32-28-38)61-51-23-11-7-19-47(51)48-20-8-12-24-52(48)61)35-43(37-44)39-29-33-46(34-30-39)62-53-25-13-9-21-49(53)50-22-10-14-26-54(50)62/h1-37H. The molecule has 0 amide bonds. The van der Waals surface area contributed by atoms with Crippen LogP contribution in [0.2, 0.25) is 0 Å². The van der Waals surface area contributed by atoms with E-state index in [-0.39, 0.29) is 0 Å². The van der Waals surface area contributed by atoms with E-state index >= 15 is 0 Å². The summed E-state index contributed by atoms with van der Waals surface area (Å²) in [5.41, 5.74) is 14.1. The average molecular weight is 792 g/mol. The average Bonchev–Trinajstić information content (AvgIpc) is 3.87. The third-order valence-corrected chi connectivity index (χ3v) is 12.0. The monoisotopic (exact) mass is 791 g/mol. The summed E-state index contributed by atoms with van der Waals surface area (Å²) < 4.78 is 4.71. The van der Waals surface area contributed by atoms with Gasteiger partial charge in [0.1, 0.15) is 0 Å². The zero-order valence-corrected chi connectivity index (χ0v) is 33.6. The van der Waals surface area contributed by atoms with Crippen LogP contribution >= 0.6 is 0 Å². The summed E-state index contributed by atoms with van der Waals surface area (Å²) in [6.45, 7) is 0. The summed E-state index contributed by atoms with van der Waals surface area (Å²) in [6, 6.07) is 79.4. The highest BCUT2D eigenvalue weighted by molar-refractivity contribution is 6.10. The van der Waals surface area contributed by atoms with Crippen molar-refractivity contribution in [3.63, 3.8) is 0 Å². The number of rotatable bonds is 7. The minimum Gasteiger partial charge on any atom is -0.309 e. The van der Waals surface area contributed by atoms with Crippen LogP contribution in [-0.4, -0.2) is 24.1 Å². The second-order valence-corrected chi connectivity index (χ2v) is 15.7. The number of aromatic nitrogens is 5. The molecule has 12 aromatic rings. The Balaban J connectivity index is 1.02. The van der Waals surface area contributed by atoms with Gasteiger partial charge in [0.25, 0.3) is 0 Å². The molecule has 0 unspecified atom stereocenters. The third kappa shape index (κ3) is 6.06. The first-order valence-electron chi connectivity index (χ1n) is 20.9. The molecule has 0 aliphatic rings. The summed E-state index contributed by atoms with van der Waals surface area (Å²) in [5, 5.41) is 4.98. The molecule has 0 saturated heterocycles. The van der Waals surface area contributed by atoms with Crippen molar-refractivity contribution in [1.29, 1.82) is 0 Å². The van der Waals surface area contributed by atoms with Crippen LogP contribution in [0.15, 0.2) is 224 Å². The lowest BCUT2D eigenvalue weighted by Crippen LogP contribution is -2.00. The highest BCUT2D eigenvalue weighted by atomic mass is 15.0. The number of fused-ring (bicyclic) bond motifs is 6. The van der Waals surface area contributed by atoms with Gasteiger partial charge in [0.2, 0.25) is 0 Å². The number of hydrogen-bond acceptors (Lipinski definition) is 3. The molecular weight excluding hydrogens is 755 g/mol. The topological polar surface area (TPSA) is 48.5 Å². The lowest BCUT2D eigenvalue weighted by atomic mass is 9.95. The number of para-hydroxylation sites is 4. The van der Waals surface area contributed by atoms with E-state index < -0.39 is 0 Å². The van der Waals surface area contributed by atoms with Crippen LogP contribution in [-0.2, 0) is 0 Å². The zero-order valence-electron chi connectivity index (χ0n) is 33.6. The molecule has 3 aromatic heterocycles. The molecule has 0 aliphatic heterocycles. The van der Waals surface area contributed by atoms with E-state index in [0.29, 0.717) is 17.5 Å². The number of nitrogens with zero attached hydrogens (tertiary/aromatic N) is 5. The lowest BCUT2D eigenvalue weighted by Gasteiger charge is -2.14. The van der Waals surface area contributed by atoms with Gasteiger partial charge >= 0.3 is 0 Å². The van der Waals surface area contributed by atoms with Gasteiger partial charge in [-0.25, -0.2) is 15.0 Å². The van der Waals surface area contributed by atoms with E-state index in [1.54, 1.807) is 0 Å². The maximum Gasteiger partial charge on any atom is 0.164 e. The molecular formula is C57H37N5. The van der Waals surface area contributed by atoms with Crippen LogP contribution in [0, 0.1) is 0 Å². The maximum atomic E-state index is 5.15. The molecule has 0 saturated carbocycles. The van der Waals surface area contributed by atoms with Gasteiger partial charge in [0.05, 0.1) is 22.1 Å². The quantitative estimate of drug-likeness (QED) is 0.162. The Morgan fingerprint density at radius 2 is 0.516 bits per heavy atom. The molecule has 5 nitrogen and oxygen atoms in total. The van der Waals surface area contributed by atoms with Gasteiger partial charge in [0, 0.05) is 49.6 Å². The molecule has 0 fully saturated rings. The fourth-order valence-electron chi connectivity index (χ4n) is 9.04. The maximum absolute atomic E-state index is 5.15. The second-order valence-electron chi connectivity index (χ2n) is 15.7. The van der Waals surface area contributed by atoms with E-state index in [1.165, 1.54) is 43.6 Å². The van der Waals surface area contributed by atoms with E-state index in [2.05, 4.69) is 173 Å². The molecule has 290 valence electrons. The normalized spacial score (nSPS) is 11.5. The Morgan fingerprint density at radius 3 is 0.871 bits per heavy atom. The van der Waals surface area contributed by atoms with Crippen molar-refractivity contribution in [2.24, 2.45) is 0 Å². The minimum atomic E-state index is 0.615. The molecule has 5 heteroatoms. The molecule has 12 rings (SSSR count). The van der Waals surface area contributed by atoms with Crippen LogP contribution in [0.5, 0.6) is 0 Å². The highest BCUT2D eigenvalue weighted by Gasteiger charge is 2.17. The van der Waals surface area contributed by atoms with Crippen LogP contribution in [0.3, 0.4) is 0 Å². The van der Waals surface area contributed by atoms with Crippen molar-refractivity contribution < 1.29 is 0 Å². The molecule has 3 heterocycles. The van der Waals surface area contributed by atoms with E-state index in [0.717, 1.165) is 50.3 Å². The van der Waals surface area contributed by atoms with E-state index in [1.807, 2.05) is 60.7 Å². The predicted octanol–water partition coefficient (Wildman–Crippen LogP) is 14.4. The fourth-order valence-corrected chi connectivity index (χ4v) is 9.04. The summed E-state index contributed by atoms with van der Waals surface area (Å²) in [6.07, 6.45) is 0. The van der Waals surface area contributed by atoms with Gasteiger partial charge in [-0.05, 0) is 89.0 Å². The van der Waals surface area contributed by atoms with Gasteiger partial charge in [-0.3, -0.25) is 0 Å². The first-order chi connectivity index (χ1) is 30.7. The first-order valence-corrected chi connectivity index (χ1v) is 20.9. The Labute approximate surface area is 358 Å². The third-order valence-electron chi connectivity index (χ3n) is 12.0. The van der Waals surface area contributed by atoms with Crippen LogP contribution < -0.4 is 0 Å².